The molecule has 0 heterocycles. The molecular weight excluding hydrogens is 151 g/mol. The molecule has 0 spiro atoms. The Morgan fingerprint density at radius 2 is 2.17 bits per heavy atom. The molecule has 62 valence electrons. The first-order chi connectivity index (χ1) is 5.84. The maximum atomic E-state index is 12.8. The van der Waals surface area contributed by atoms with Gasteiger partial charge in [0.25, 0.3) is 0 Å². The van der Waals surface area contributed by atoms with Gasteiger partial charge in [-0.1, -0.05) is 6.07 Å². The minimum atomic E-state index is -0.0740. The third kappa shape index (κ3) is 0.715. The summed E-state index contributed by atoms with van der Waals surface area (Å²) >= 11 is 0. The van der Waals surface area contributed by atoms with Crippen LogP contribution in [0.4, 0.5) is 4.39 Å². The van der Waals surface area contributed by atoms with Crippen LogP contribution in [0.1, 0.15) is 29.9 Å². The molecule has 1 heteroatoms. The van der Waals surface area contributed by atoms with Crippen LogP contribution in [0.15, 0.2) is 18.2 Å². The molecule has 0 bridgehead atoms. The van der Waals surface area contributed by atoms with Gasteiger partial charge < -0.3 is 0 Å². The first kappa shape index (κ1) is 6.64. The fourth-order valence-electron chi connectivity index (χ4n) is 2.62. The standard InChI is InChI=1S/C11H11F/c12-9-2-4-11-8(6-9)5-7-1-3-10(7)11/h2,4,6-7,10H,1,3,5H2/t7-,10-/m0/s1. The van der Waals surface area contributed by atoms with E-state index in [1.165, 1.54) is 24.0 Å². The molecule has 0 aromatic heterocycles. The molecular formula is C11H11F. The van der Waals surface area contributed by atoms with Crippen molar-refractivity contribution in [2.75, 3.05) is 0 Å². The van der Waals surface area contributed by atoms with Gasteiger partial charge in [0, 0.05) is 0 Å². The van der Waals surface area contributed by atoms with Crippen LogP contribution in [0.25, 0.3) is 0 Å². The summed E-state index contributed by atoms with van der Waals surface area (Å²) < 4.78 is 12.8. The third-order valence-electron chi connectivity index (χ3n) is 3.40. The average molecular weight is 162 g/mol. The van der Waals surface area contributed by atoms with Gasteiger partial charge >= 0.3 is 0 Å². The lowest BCUT2D eigenvalue weighted by atomic mass is 9.74. The molecule has 1 aromatic carbocycles. The predicted octanol–water partition coefficient (Wildman–Crippen LogP) is 2.88. The van der Waals surface area contributed by atoms with Crippen LogP contribution >= 0.6 is 0 Å². The summed E-state index contributed by atoms with van der Waals surface area (Å²) in [6.07, 6.45) is 3.79. The van der Waals surface area contributed by atoms with E-state index >= 15 is 0 Å². The molecule has 1 saturated carbocycles. The first-order valence-electron chi connectivity index (χ1n) is 4.63. The van der Waals surface area contributed by atoms with Gasteiger partial charge in [-0.2, -0.15) is 0 Å². The van der Waals surface area contributed by atoms with Gasteiger partial charge in [0.2, 0.25) is 0 Å². The minimum absolute atomic E-state index is 0.0740. The fourth-order valence-corrected chi connectivity index (χ4v) is 2.62. The van der Waals surface area contributed by atoms with Crippen LogP contribution in [-0.4, -0.2) is 0 Å². The van der Waals surface area contributed by atoms with E-state index in [0.717, 1.165) is 18.3 Å². The Kier molecular flexibility index (Phi) is 1.16. The average Bonchev–Trinajstić information content (AvgIpc) is 2.24. The lowest BCUT2D eigenvalue weighted by molar-refractivity contribution is 0.281. The van der Waals surface area contributed by atoms with Gasteiger partial charge in [-0.3, -0.25) is 0 Å². The summed E-state index contributed by atoms with van der Waals surface area (Å²) in [6, 6.07) is 5.29. The second kappa shape index (κ2) is 2.09. The molecule has 0 N–H and O–H groups in total. The van der Waals surface area contributed by atoms with Crippen molar-refractivity contribution in [2.24, 2.45) is 5.92 Å². The zero-order valence-electron chi connectivity index (χ0n) is 6.89. The summed E-state index contributed by atoms with van der Waals surface area (Å²) in [4.78, 5) is 0. The lowest BCUT2D eigenvalue weighted by Gasteiger charge is -2.30. The number of hydrogen-bond acceptors (Lipinski definition) is 0. The van der Waals surface area contributed by atoms with Crippen LogP contribution in [0, 0.1) is 11.7 Å². The van der Waals surface area contributed by atoms with Crippen molar-refractivity contribution in [3.63, 3.8) is 0 Å². The van der Waals surface area contributed by atoms with Gasteiger partial charge in [-0.15, -0.1) is 0 Å². The summed E-state index contributed by atoms with van der Waals surface area (Å²) in [6.45, 7) is 0. The molecule has 0 nitrogen and oxygen atoms in total. The highest BCUT2D eigenvalue weighted by Gasteiger charge is 2.38. The molecule has 12 heavy (non-hydrogen) atoms. The molecule has 0 amide bonds. The molecule has 0 aliphatic heterocycles. The van der Waals surface area contributed by atoms with Crippen molar-refractivity contribution in [3.05, 3.63) is 35.1 Å². The monoisotopic (exact) mass is 162 g/mol. The second-order valence-corrected chi connectivity index (χ2v) is 3.99. The second-order valence-electron chi connectivity index (χ2n) is 3.99. The van der Waals surface area contributed by atoms with Crippen LogP contribution < -0.4 is 0 Å². The van der Waals surface area contributed by atoms with Gasteiger partial charge in [-0.05, 0) is 54.4 Å². The van der Waals surface area contributed by atoms with Gasteiger partial charge in [0.1, 0.15) is 5.82 Å². The number of rotatable bonds is 0. The number of fused-ring (bicyclic) bond motifs is 3. The van der Waals surface area contributed by atoms with Crippen molar-refractivity contribution in [1.82, 2.24) is 0 Å². The van der Waals surface area contributed by atoms with E-state index in [0.29, 0.717) is 0 Å². The summed E-state index contributed by atoms with van der Waals surface area (Å²) in [7, 11) is 0. The topological polar surface area (TPSA) is 0 Å². The van der Waals surface area contributed by atoms with Crippen LogP contribution in [0.3, 0.4) is 0 Å². The molecule has 2 aliphatic carbocycles. The zero-order chi connectivity index (χ0) is 8.13. The molecule has 1 aromatic rings. The SMILES string of the molecule is Fc1ccc2c(c1)C[C@@H]1CC[C@H]21. The molecule has 3 rings (SSSR count). The molecule has 1 fully saturated rings. The Morgan fingerprint density at radius 3 is 2.92 bits per heavy atom. The van der Waals surface area contributed by atoms with Crippen molar-refractivity contribution >= 4 is 0 Å². The zero-order valence-corrected chi connectivity index (χ0v) is 6.89. The summed E-state index contributed by atoms with van der Waals surface area (Å²) in [5, 5.41) is 0. The van der Waals surface area contributed by atoms with Crippen molar-refractivity contribution in [2.45, 2.75) is 25.2 Å². The summed E-state index contributed by atoms with van der Waals surface area (Å²) in [5.74, 6) is 1.55. The van der Waals surface area contributed by atoms with E-state index in [4.69, 9.17) is 0 Å². The normalized spacial score (nSPS) is 30.8. The van der Waals surface area contributed by atoms with Crippen LogP contribution in [0.5, 0.6) is 0 Å². The van der Waals surface area contributed by atoms with Gasteiger partial charge in [0.05, 0.1) is 0 Å². The van der Waals surface area contributed by atoms with Crippen molar-refractivity contribution in [3.8, 4) is 0 Å². The highest BCUT2D eigenvalue weighted by Crippen LogP contribution is 2.50. The van der Waals surface area contributed by atoms with E-state index in [9.17, 15) is 4.39 Å². The van der Waals surface area contributed by atoms with Crippen molar-refractivity contribution in [1.29, 1.82) is 0 Å². The van der Waals surface area contributed by atoms with E-state index in [2.05, 4.69) is 0 Å². The Labute approximate surface area is 71.4 Å². The number of hydrogen-bond donors (Lipinski definition) is 0. The third-order valence-corrected chi connectivity index (χ3v) is 3.40. The van der Waals surface area contributed by atoms with Gasteiger partial charge in [0.15, 0.2) is 0 Å². The minimum Gasteiger partial charge on any atom is -0.207 e. The van der Waals surface area contributed by atoms with E-state index < -0.39 is 0 Å². The maximum absolute atomic E-state index is 12.8. The van der Waals surface area contributed by atoms with Gasteiger partial charge in [-0.25, -0.2) is 4.39 Å². The quantitative estimate of drug-likeness (QED) is 0.550. The van der Waals surface area contributed by atoms with E-state index in [-0.39, 0.29) is 5.82 Å². The first-order valence-corrected chi connectivity index (χ1v) is 4.63. The summed E-state index contributed by atoms with van der Waals surface area (Å²) in [5.41, 5.74) is 2.69. The maximum Gasteiger partial charge on any atom is 0.123 e. The fraction of sp³-hybridized carbons (Fsp3) is 0.455. The highest BCUT2D eigenvalue weighted by molar-refractivity contribution is 5.38. The Balaban J connectivity index is 2.12. The molecule has 0 unspecified atom stereocenters. The van der Waals surface area contributed by atoms with Crippen molar-refractivity contribution < 1.29 is 4.39 Å². The number of halogens is 1. The Morgan fingerprint density at radius 1 is 1.25 bits per heavy atom. The Bertz CT molecular complexity index is 330. The van der Waals surface area contributed by atoms with E-state index in [1.807, 2.05) is 6.07 Å². The predicted molar refractivity (Wildman–Crippen MR) is 45.6 cm³/mol. The largest absolute Gasteiger partial charge is 0.207 e. The highest BCUT2D eigenvalue weighted by atomic mass is 19.1. The molecule has 2 atom stereocenters. The smallest absolute Gasteiger partial charge is 0.123 e. The lowest BCUT2D eigenvalue weighted by Crippen LogP contribution is -2.18. The number of benzene rings is 1. The molecule has 0 radical (unpaired) electrons. The Hall–Kier alpha value is -0.850. The molecule has 2 aliphatic rings. The van der Waals surface area contributed by atoms with E-state index in [1.54, 1.807) is 12.1 Å². The molecule has 0 saturated heterocycles. The van der Waals surface area contributed by atoms with Crippen LogP contribution in [-0.2, 0) is 6.42 Å². The van der Waals surface area contributed by atoms with Crippen LogP contribution in [0.2, 0.25) is 0 Å².